The molecule has 0 radical (unpaired) electrons. The van der Waals surface area contributed by atoms with Gasteiger partial charge in [-0.25, -0.2) is 13.2 Å². The zero-order chi connectivity index (χ0) is 24.3. The fourth-order valence-electron chi connectivity index (χ4n) is 5.43. The summed E-state index contributed by atoms with van der Waals surface area (Å²) in [4.78, 5) is 12.4. The number of ether oxygens (including phenoxy) is 2. The second kappa shape index (κ2) is 14.1. The van der Waals surface area contributed by atoms with Crippen LogP contribution >= 0.6 is 0 Å². The molecule has 0 unspecified atom stereocenters. The fourth-order valence-corrected chi connectivity index (χ4v) is 5.43. The Balaban J connectivity index is 1.27. The summed E-state index contributed by atoms with van der Waals surface area (Å²) in [7, 11) is 0. The van der Waals surface area contributed by atoms with Gasteiger partial charge in [0.15, 0.2) is 17.5 Å². The topological polar surface area (TPSA) is 35.5 Å². The number of benzene rings is 1. The predicted molar refractivity (Wildman–Crippen MR) is 127 cm³/mol. The third-order valence-corrected chi connectivity index (χ3v) is 7.68. The van der Waals surface area contributed by atoms with Gasteiger partial charge in [0.2, 0.25) is 0 Å². The molecular weight excluding hydrogens is 441 g/mol. The maximum Gasteiger partial charge on any atom is 0.314 e. The number of hydrogen-bond acceptors (Lipinski definition) is 3. The first-order valence-corrected chi connectivity index (χ1v) is 13.4. The molecule has 3 nitrogen and oxygen atoms in total. The van der Waals surface area contributed by atoms with E-state index in [1.165, 1.54) is 70.6 Å². The molecule has 0 spiro atoms. The van der Waals surface area contributed by atoms with E-state index < -0.39 is 23.4 Å². The van der Waals surface area contributed by atoms with Gasteiger partial charge in [-0.2, -0.15) is 0 Å². The molecule has 2 fully saturated rings. The lowest BCUT2D eigenvalue weighted by Gasteiger charge is -2.31. The first kappa shape index (κ1) is 27.0. The van der Waals surface area contributed by atoms with Crippen LogP contribution < -0.4 is 4.74 Å². The molecule has 3 rings (SSSR count). The molecule has 6 heteroatoms. The van der Waals surface area contributed by atoms with Crippen LogP contribution in [0.5, 0.6) is 5.75 Å². The maximum atomic E-state index is 13.3. The number of carbonyl (C=O) groups is 1. The Kier molecular flexibility index (Phi) is 11.2. The monoisotopic (exact) mass is 482 g/mol. The van der Waals surface area contributed by atoms with Gasteiger partial charge in [0.1, 0.15) is 5.75 Å². The largest absolute Gasteiger partial charge is 0.426 e. The Hall–Kier alpha value is -1.56. The minimum absolute atomic E-state index is 0.158. The van der Waals surface area contributed by atoms with Gasteiger partial charge in [0.25, 0.3) is 0 Å². The molecule has 2 saturated carbocycles. The molecule has 0 aliphatic heterocycles. The van der Waals surface area contributed by atoms with E-state index in [0.29, 0.717) is 30.9 Å². The Morgan fingerprint density at radius 1 is 0.824 bits per heavy atom. The number of rotatable bonds is 12. The Morgan fingerprint density at radius 2 is 1.41 bits per heavy atom. The molecule has 1 aromatic rings. The second-order valence-corrected chi connectivity index (χ2v) is 10.4. The summed E-state index contributed by atoms with van der Waals surface area (Å²) in [6, 6.07) is 1.40. The predicted octanol–water partition coefficient (Wildman–Crippen LogP) is 8.14. The van der Waals surface area contributed by atoms with Crippen LogP contribution in [0, 0.1) is 35.2 Å². The first-order valence-electron chi connectivity index (χ1n) is 13.4. The van der Waals surface area contributed by atoms with Crippen molar-refractivity contribution in [2.45, 2.75) is 109 Å². The standard InChI is InChI=1S/C28H41F3O3/c1-2-3-4-5-6-7-8-20-9-11-21(12-10-20)19-33-23-15-13-22(14-16-23)28(32)34-24-17-25(29)27(31)26(30)18-24/h17-18,20-23H,2-16,19H2,1H3/t20-,21-,22-,23-. The second-order valence-electron chi connectivity index (χ2n) is 10.4. The highest BCUT2D eigenvalue weighted by Crippen LogP contribution is 2.34. The van der Waals surface area contributed by atoms with Gasteiger partial charge in [-0.3, -0.25) is 4.79 Å². The summed E-state index contributed by atoms with van der Waals surface area (Å²) in [6.07, 6.45) is 17.7. The molecule has 2 aliphatic rings. The highest BCUT2D eigenvalue weighted by molar-refractivity contribution is 5.75. The molecular formula is C28H41F3O3. The van der Waals surface area contributed by atoms with E-state index in [2.05, 4.69) is 6.92 Å². The van der Waals surface area contributed by atoms with Gasteiger partial charge >= 0.3 is 5.97 Å². The third-order valence-electron chi connectivity index (χ3n) is 7.68. The van der Waals surface area contributed by atoms with Crippen LogP contribution in [0.3, 0.4) is 0 Å². The number of esters is 1. The van der Waals surface area contributed by atoms with Crippen molar-refractivity contribution in [2.75, 3.05) is 6.61 Å². The Morgan fingerprint density at radius 3 is 2.06 bits per heavy atom. The average molecular weight is 483 g/mol. The summed E-state index contributed by atoms with van der Waals surface area (Å²) < 4.78 is 51.0. The summed E-state index contributed by atoms with van der Waals surface area (Å²) in [5.41, 5.74) is 0. The molecule has 0 bridgehead atoms. The third kappa shape index (κ3) is 8.58. The van der Waals surface area contributed by atoms with Crippen LogP contribution in [0.4, 0.5) is 13.2 Å². The fraction of sp³-hybridized carbons (Fsp3) is 0.750. The normalized spacial score (nSPS) is 25.3. The Bertz CT molecular complexity index is 730. The molecule has 34 heavy (non-hydrogen) atoms. The van der Waals surface area contributed by atoms with Gasteiger partial charge in [-0.1, -0.05) is 64.7 Å². The van der Waals surface area contributed by atoms with Crippen LogP contribution in [0.25, 0.3) is 0 Å². The quantitative estimate of drug-likeness (QED) is 0.131. The number of carbonyl (C=O) groups excluding carboxylic acids is 1. The van der Waals surface area contributed by atoms with Gasteiger partial charge in [-0.15, -0.1) is 0 Å². The SMILES string of the molecule is CCCCCCCC[C@H]1CC[C@H](CO[C@H]2CC[C@H](C(=O)Oc3cc(F)c(F)c(F)c3)CC2)CC1. The van der Waals surface area contributed by atoms with Crippen LogP contribution in [0.1, 0.15) is 103 Å². The molecule has 0 atom stereocenters. The van der Waals surface area contributed by atoms with Crippen LogP contribution in [0.2, 0.25) is 0 Å². The average Bonchev–Trinajstić information content (AvgIpc) is 2.84. The highest BCUT2D eigenvalue weighted by atomic mass is 19.2. The van der Waals surface area contributed by atoms with Crippen molar-refractivity contribution in [1.82, 2.24) is 0 Å². The van der Waals surface area contributed by atoms with Crippen molar-refractivity contribution < 1.29 is 27.4 Å². The van der Waals surface area contributed by atoms with Gasteiger partial charge in [0.05, 0.1) is 12.0 Å². The van der Waals surface area contributed by atoms with Crippen molar-refractivity contribution >= 4 is 5.97 Å². The lowest BCUT2D eigenvalue weighted by Crippen LogP contribution is -2.30. The van der Waals surface area contributed by atoms with Crippen LogP contribution in [-0.4, -0.2) is 18.7 Å². The lowest BCUT2D eigenvalue weighted by atomic mass is 9.80. The van der Waals surface area contributed by atoms with E-state index in [9.17, 15) is 18.0 Å². The molecule has 0 amide bonds. The molecule has 0 saturated heterocycles. The number of halogens is 3. The minimum atomic E-state index is -1.57. The van der Waals surface area contributed by atoms with Crippen molar-refractivity contribution in [3.05, 3.63) is 29.6 Å². The first-order chi connectivity index (χ1) is 16.5. The van der Waals surface area contributed by atoms with Crippen molar-refractivity contribution in [2.24, 2.45) is 17.8 Å². The smallest absolute Gasteiger partial charge is 0.314 e. The summed E-state index contributed by atoms with van der Waals surface area (Å²) in [5, 5.41) is 0. The molecule has 192 valence electrons. The molecule has 0 heterocycles. The summed E-state index contributed by atoms with van der Waals surface area (Å²) in [5.74, 6) is -3.90. The molecule has 2 aliphatic carbocycles. The highest BCUT2D eigenvalue weighted by Gasteiger charge is 2.29. The lowest BCUT2D eigenvalue weighted by molar-refractivity contribution is -0.141. The Labute approximate surface area is 202 Å². The van der Waals surface area contributed by atoms with Crippen LogP contribution in [0.15, 0.2) is 12.1 Å². The van der Waals surface area contributed by atoms with Crippen molar-refractivity contribution in [3.63, 3.8) is 0 Å². The summed E-state index contributed by atoms with van der Waals surface area (Å²) >= 11 is 0. The molecule has 0 N–H and O–H groups in total. The molecule has 1 aromatic carbocycles. The van der Waals surface area contributed by atoms with E-state index >= 15 is 0 Å². The van der Waals surface area contributed by atoms with E-state index in [-0.39, 0.29) is 17.8 Å². The zero-order valence-electron chi connectivity index (χ0n) is 20.6. The minimum Gasteiger partial charge on any atom is -0.426 e. The van der Waals surface area contributed by atoms with Gasteiger partial charge in [0, 0.05) is 18.7 Å². The van der Waals surface area contributed by atoms with Crippen LogP contribution in [-0.2, 0) is 9.53 Å². The van der Waals surface area contributed by atoms with Crippen molar-refractivity contribution in [3.8, 4) is 5.75 Å². The van der Waals surface area contributed by atoms with E-state index in [4.69, 9.17) is 9.47 Å². The zero-order valence-corrected chi connectivity index (χ0v) is 20.6. The summed E-state index contributed by atoms with van der Waals surface area (Å²) in [6.45, 7) is 3.06. The van der Waals surface area contributed by atoms with Gasteiger partial charge < -0.3 is 9.47 Å². The molecule has 0 aromatic heterocycles. The van der Waals surface area contributed by atoms with E-state index in [1.807, 2.05) is 0 Å². The number of unbranched alkanes of at least 4 members (excludes halogenated alkanes) is 5. The number of hydrogen-bond donors (Lipinski definition) is 0. The van der Waals surface area contributed by atoms with E-state index in [0.717, 1.165) is 25.4 Å². The maximum absolute atomic E-state index is 13.3. The van der Waals surface area contributed by atoms with E-state index in [1.54, 1.807) is 0 Å². The van der Waals surface area contributed by atoms with Gasteiger partial charge in [-0.05, 0) is 50.4 Å². The van der Waals surface area contributed by atoms with Crippen molar-refractivity contribution in [1.29, 1.82) is 0 Å².